The molecule has 3 rings (SSSR count). The first-order chi connectivity index (χ1) is 13.8. The average molecular weight is 512 g/mol. The zero-order valence-electron chi connectivity index (χ0n) is 15.5. The molecule has 0 aliphatic carbocycles. The number of nitrogens with one attached hydrogen (secondary N) is 1. The molecule has 0 spiro atoms. The molecular weight excluding hydrogens is 494 g/mol. The number of amides is 1. The molecule has 0 aliphatic heterocycles. The number of thioether (sulfide) groups is 1. The molecule has 0 atom stereocenters. The molecule has 3 aromatic rings. The van der Waals surface area contributed by atoms with E-state index in [9.17, 15) is 13.2 Å². The number of halogens is 1. The number of benzene rings is 2. The predicted octanol–water partition coefficient (Wildman–Crippen LogP) is 4.36. The lowest BCUT2D eigenvalue weighted by molar-refractivity contribution is -0.113. The van der Waals surface area contributed by atoms with Crippen LogP contribution in [0, 0.1) is 6.92 Å². The molecule has 29 heavy (non-hydrogen) atoms. The molecule has 6 nitrogen and oxygen atoms in total. The SMILES string of the molecule is Cc1ccc(SCC(=O)Nc2nnc(CCS(=O)(=O)c3ccc(Br)cc3)s2)cc1. The van der Waals surface area contributed by atoms with E-state index in [-0.39, 0.29) is 28.7 Å². The highest BCUT2D eigenvalue weighted by Gasteiger charge is 2.16. The second kappa shape index (κ2) is 9.84. The summed E-state index contributed by atoms with van der Waals surface area (Å²) in [5, 5.41) is 11.6. The van der Waals surface area contributed by atoms with Gasteiger partial charge in [0.15, 0.2) is 9.84 Å². The van der Waals surface area contributed by atoms with Crippen LogP contribution in [0.2, 0.25) is 0 Å². The second-order valence-corrected chi connectivity index (χ2v) is 11.3. The summed E-state index contributed by atoms with van der Waals surface area (Å²) in [5.41, 5.74) is 1.17. The minimum absolute atomic E-state index is 0.0690. The van der Waals surface area contributed by atoms with Crippen molar-refractivity contribution in [1.29, 1.82) is 0 Å². The number of rotatable bonds is 8. The van der Waals surface area contributed by atoms with Crippen LogP contribution >= 0.6 is 39.0 Å². The largest absolute Gasteiger partial charge is 0.300 e. The minimum Gasteiger partial charge on any atom is -0.300 e. The van der Waals surface area contributed by atoms with E-state index >= 15 is 0 Å². The molecule has 10 heteroatoms. The number of carbonyl (C=O) groups excluding carboxylic acids is 1. The summed E-state index contributed by atoms with van der Waals surface area (Å²) >= 11 is 5.91. The first-order valence-corrected chi connectivity index (χ1v) is 12.9. The summed E-state index contributed by atoms with van der Waals surface area (Å²) in [6, 6.07) is 14.5. The smallest absolute Gasteiger partial charge is 0.236 e. The molecule has 0 radical (unpaired) electrons. The summed E-state index contributed by atoms with van der Waals surface area (Å²) in [4.78, 5) is 13.4. The number of aromatic nitrogens is 2. The fourth-order valence-corrected chi connectivity index (χ4v) is 5.42. The van der Waals surface area contributed by atoms with Crippen LogP contribution in [0.5, 0.6) is 0 Å². The van der Waals surface area contributed by atoms with Gasteiger partial charge in [0, 0.05) is 15.8 Å². The van der Waals surface area contributed by atoms with Crippen molar-refractivity contribution in [2.45, 2.75) is 23.1 Å². The summed E-state index contributed by atoms with van der Waals surface area (Å²) in [6.07, 6.45) is 0.240. The van der Waals surface area contributed by atoms with Gasteiger partial charge in [-0.15, -0.1) is 22.0 Å². The summed E-state index contributed by atoms with van der Waals surface area (Å²) in [6.45, 7) is 2.01. The number of nitrogens with zero attached hydrogens (tertiary/aromatic N) is 2. The number of hydrogen-bond donors (Lipinski definition) is 1. The quantitative estimate of drug-likeness (QED) is 0.452. The second-order valence-electron chi connectivity index (χ2n) is 6.17. The van der Waals surface area contributed by atoms with E-state index in [4.69, 9.17) is 0 Å². The molecule has 0 saturated heterocycles. The Hall–Kier alpha value is -1.75. The van der Waals surface area contributed by atoms with Crippen LogP contribution in [-0.2, 0) is 21.1 Å². The van der Waals surface area contributed by atoms with Crippen molar-refractivity contribution >= 4 is 59.9 Å². The maximum Gasteiger partial charge on any atom is 0.236 e. The number of hydrogen-bond acceptors (Lipinski definition) is 7. The molecule has 2 aromatic carbocycles. The van der Waals surface area contributed by atoms with Crippen molar-refractivity contribution in [3.8, 4) is 0 Å². The van der Waals surface area contributed by atoms with Crippen molar-refractivity contribution < 1.29 is 13.2 Å². The Kier molecular flexibility index (Phi) is 7.44. The molecular formula is C19H18BrN3O3S3. The number of carbonyl (C=O) groups is 1. The minimum atomic E-state index is -3.40. The van der Waals surface area contributed by atoms with Gasteiger partial charge in [-0.3, -0.25) is 10.1 Å². The highest BCUT2D eigenvalue weighted by atomic mass is 79.9. The van der Waals surface area contributed by atoms with Gasteiger partial charge in [0.05, 0.1) is 16.4 Å². The van der Waals surface area contributed by atoms with Crippen molar-refractivity contribution in [2.24, 2.45) is 0 Å². The first-order valence-electron chi connectivity index (χ1n) is 8.62. The van der Waals surface area contributed by atoms with Gasteiger partial charge < -0.3 is 0 Å². The fourth-order valence-electron chi connectivity index (χ4n) is 2.33. The van der Waals surface area contributed by atoms with Gasteiger partial charge in [-0.1, -0.05) is 45.0 Å². The van der Waals surface area contributed by atoms with Gasteiger partial charge in [0.2, 0.25) is 11.0 Å². The molecule has 1 heterocycles. The van der Waals surface area contributed by atoms with Crippen molar-refractivity contribution in [2.75, 3.05) is 16.8 Å². The van der Waals surface area contributed by atoms with Crippen LogP contribution < -0.4 is 5.32 Å². The molecule has 152 valence electrons. The number of anilines is 1. The lowest BCUT2D eigenvalue weighted by atomic mass is 10.2. The van der Waals surface area contributed by atoms with Crippen LogP contribution in [0.25, 0.3) is 0 Å². The number of sulfone groups is 1. The normalized spacial score (nSPS) is 11.4. The summed E-state index contributed by atoms with van der Waals surface area (Å²) in [5.74, 6) is 0.0110. The van der Waals surface area contributed by atoms with Crippen LogP contribution in [0.15, 0.2) is 62.8 Å². The highest BCUT2D eigenvalue weighted by molar-refractivity contribution is 9.10. The maximum absolute atomic E-state index is 12.4. The van der Waals surface area contributed by atoms with E-state index < -0.39 is 9.84 Å². The maximum atomic E-state index is 12.4. The Morgan fingerprint density at radius 3 is 2.48 bits per heavy atom. The van der Waals surface area contributed by atoms with Gasteiger partial charge in [0.25, 0.3) is 0 Å². The summed E-state index contributed by atoms with van der Waals surface area (Å²) in [7, 11) is -3.40. The van der Waals surface area contributed by atoms with E-state index in [0.717, 1.165) is 9.37 Å². The Labute approximate surface area is 186 Å². The lowest BCUT2D eigenvalue weighted by Crippen LogP contribution is -2.13. The van der Waals surface area contributed by atoms with Gasteiger partial charge in [-0.05, 0) is 43.3 Å². The van der Waals surface area contributed by atoms with Gasteiger partial charge in [-0.25, -0.2) is 8.42 Å². The van der Waals surface area contributed by atoms with Gasteiger partial charge >= 0.3 is 0 Å². The molecule has 1 aromatic heterocycles. The third-order valence-corrected chi connectivity index (χ3v) is 8.03. The van der Waals surface area contributed by atoms with E-state index in [0.29, 0.717) is 10.1 Å². The Morgan fingerprint density at radius 2 is 1.79 bits per heavy atom. The van der Waals surface area contributed by atoms with E-state index in [2.05, 4.69) is 31.4 Å². The summed E-state index contributed by atoms with van der Waals surface area (Å²) < 4.78 is 25.6. The first kappa shape index (κ1) is 21.9. The molecule has 0 saturated carbocycles. The Morgan fingerprint density at radius 1 is 1.10 bits per heavy atom. The van der Waals surface area contributed by atoms with E-state index in [1.807, 2.05) is 31.2 Å². The zero-order valence-corrected chi connectivity index (χ0v) is 19.5. The van der Waals surface area contributed by atoms with Crippen LogP contribution in [0.1, 0.15) is 10.6 Å². The van der Waals surface area contributed by atoms with Gasteiger partial charge in [-0.2, -0.15) is 0 Å². The fraction of sp³-hybridized carbons (Fsp3) is 0.211. The van der Waals surface area contributed by atoms with Crippen LogP contribution in [-0.4, -0.2) is 36.0 Å². The molecule has 0 unspecified atom stereocenters. The Bertz CT molecular complexity index is 1080. The molecule has 1 amide bonds. The van der Waals surface area contributed by atoms with Crippen LogP contribution in [0.4, 0.5) is 5.13 Å². The van der Waals surface area contributed by atoms with E-state index in [1.165, 1.54) is 28.7 Å². The highest BCUT2D eigenvalue weighted by Crippen LogP contribution is 2.21. The van der Waals surface area contributed by atoms with Gasteiger partial charge in [0.1, 0.15) is 5.01 Å². The predicted molar refractivity (Wildman–Crippen MR) is 120 cm³/mol. The van der Waals surface area contributed by atoms with Crippen molar-refractivity contribution in [3.63, 3.8) is 0 Å². The topological polar surface area (TPSA) is 89.0 Å². The van der Waals surface area contributed by atoms with Crippen LogP contribution in [0.3, 0.4) is 0 Å². The zero-order chi connectivity index (χ0) is 20.9. The molecule has 0 bridgehead atoms. The Balaban J connectivity index is 1.50. The monoisotopic (exact) mass is 511 g/mol. The molecule has 0 fully saturated rings. The standard InChI is InChI=1S/C19H18BrN3O3S3/c1-13-2-6-15(7-3-13)27-12-17(24)21-19-23-22-18(28-19)10-11-29(25,26)16-8-4-14(20)5-9-16/h2-9H,10-12H2,1H3,(H,21,23,24). The van der Waals surface area contributed by atoms with Crippen molar-refractivity contribution in [3.05, 3.63) is 63.6 Å². The number of aryl methyl sites for hydroxylation is 2. The third kappa shape index (κ3) is 6.63. The molecule has 0 aliphatic rings. The van der Waals surface area contributed by atoms with Crippen molar-refractivity contribution in [1.82, 2.24) is 10.2 Å². The van der Waals surface area contributed by atoms with E-state index in [1.54, 1.807) is 24.3 Å². The third-order valence-electron chi connectivity index (χ3n) is 3.86. The average Bonchev–Trinajstić information content (AvgIpc) is 3.14. The molecule has 1 N–H and O–H groups in total. The lowest BCUT2D eigenvalue weighted by Gasteiger charge is -2.03.